The van der Waals surface area contributed by atoms with E-state index in [0.29, 0.717) is 0 Å². The molecule has 0 radical (unpaired) electrons. The first-order valence-corrected chi connectivity index (χ1v) is 9.73. The Kier molecular flexibility index (Phi) is 3.15. The molecule has 0 fully saturated rings. The van der Waals surface area contributed by atoms with E-state index in [9.17, 15) is 0 Å². The molecule has 0 N–H and O–H groups in total. The predicted octanol–water partition coefficient (Wildman–Crippen LogP) is 4.72. The molecule has 16 heavy (non-hydrogen) atoms. The first kappa shape index (κ1) is 11.4. The second-order valence-corrected chi connectivity index (χ2v) is 11.4. The van der Waals surface area contributed by atoms with Gasteiger partial charge in [0.2, 0.25) is 0 Å². The van der Waals surface area contributed by atoms with Crippen LogP contribution in [-0.4, -0.2) is 8.07 Å². The maximum Gasteiger partial charge on any atom is 0.0445 e. The van der Waals surface area contributed by atoms with Crippen molar-refractivity contribution in [3.05, 3.63) is 48.0 Å². The summed E-state index contributed by atoms with van der Waals surface area (Å²) in [7, 11) is -0.907. The number of benzene rings is 2. The fourth-order valence-electron chi connectivity index (χ4n) is 1.91. The zero-order valence-corrected chi connectivity index (χ0v) is 11.5. The number of hydrogen-bond acceptors (Lipinski definition) is 0. The van der Waals surface area contributed by atoms with Crippen molar-refractivity contribution in [3.8, 4) is 0 Å². The van der Waals surface area contributed by atoms with Gasteiger partial charge in [0.15, 0.2) is 0 Å². The maximum atomic E-state index is 2.44. The molecule has 0 aliphatic carbocycles. The minimum Gasteiger partial charge on any atom is -0.0695 e. The van der Waals surface area contributed by atoms with Gasteiger partial charge in [-0.2, -0.15) is 0 Å². The van der Waals surface area contributed by atoms with E-state index in [2.05, 4.69) is 62.1 Å². The van der Waals surface area contributed by atoms with Crippen LogP contribution in [-0.2, 0) is 6.42 Å². The molecule has 0 aromatic heterocycles. The van der Waals surface area contributed by atoms with Gasteiger partial charge in [-0.3, -0.25) is 0 Å². The minimum atomic E-state index is -0.907. The molecular formula is C15H20Si. The van der Waals surface area contributed by atoms with Gasteiger partial charge in [-0.1, -0.05) is 68.1 Å². The quantitative estimate of drug-likeness (QED) is 0.667. The molecule has 0 aliphatic rings. The van der Waals surface area contributed by atoms with Gasteiger partial charge in [0, 0.05) is 8.07 Å². The molecule has 0 nitrogen and oxygen atoms in total. The van der Waals surface area contributed by atoms with Gasteiger partial charge in [-0.05, 0) is 22.8 Å². The molecule has 0 spiro atoms. The lowest BCUT2D eigenvalue weighted by Crippen LogP contribution is -2.19. The highest BCUT2D eigenvalue weighted by Gasteiger charge is 2.12. The summed E-state index contributed by atoms with van der Waals surface area (Å²) in [6.45, 7) is 7.32. The van der Waals surface area contributed by atoms with E-state index in [1.165, 1.54) is 28.8 Å². The number of fused-ring (bicyclic) bond motifs is 1. The van der Waals surface area contributed by atoms with Crippen LogP contribution >= 0.6 is 0 Å². The second kappa shape index (κ2) is 4.42. The van der Waals surface area contributed by atoms with E-state index in [0.717, 1.165) is 0 Å². The summed E-state index contributed by atoms with van der Waals surface area (Å²) in [5.74, 6) is 0. The molecule has 2 aromatic carbocycles. The standard InChI is InChI=1S/C15H20Si/c1-16(2,3)11-10-13-8-9-14-6-4-5-7-15(14)12-13/h4-9,12H,10-11H2,1-3H3. The third-order valence-corrected chi connectivity index (χ3v) is 4.73. The molecule has 0 unspecified atom stereocenters. The van der Waals surface area contributed by atoms with Gasteiger partial charge in [-0.15, -0.1) is 0 Å². The molecule has 1 heteroatoms. The third-order valence-electron chi connectivity index (χ3n) is 2.98. The van der Waals surface area contributed by atoms with Crippen molar-refractivity contribution in [1.29, 1.82) is 0 Å². The largest absolute Gasteiger partial charge is 0.0695 e. The zero-order chi connectivity index (χ0) is 11.6. The Hall–Kier alpha value is -1.08. The summed E-state index contributed by atoms with van der Waals surface area (Å²) in [6, 6.07) is 16.8. The van der Waals surface area contributed by atoms with Crippen molar-refractivity contribution in [2.45, 2.75) is 32.1 Å². The summed E-state index contributed by atoms with van der Waals surface area (Å²) in [5.41, 5.74) is 1.49. The van der Waals surface area contributed by atoms with Crippen LogP contribution in [0, 0.1) is 0 Å². The molecule has 0 aliphatic heterocycles. The van der Waals surface area contributed by atoms with E-state index < -0.39 is 8.07 Å². The van der Waals surface area contributed by atoms with E-state index in [4.69, 9.17) is 0 Å². The van der Waals surface area contributed by atoms with Gasteiger partial charge in [0.05, 0.1) is 0 Å². The molecule has 2 rings (SSSR count). The highest BCUT2D eigenvalue weighted by molar-refractivity contribution is 6.76. The van der Waals surface area contributed by atoms with Crippen LogP contribution in [0.1, 0.15) is 5.56 Å². The van der Waals surface area contributed by atoms with E-state index in [1.807, 2.05) is 0 Å². The SMILES string of the molecule is C[Si](C)(C)CCc1ccc2ccccc2c1. The lowest BCUT2D eigenvalue weighted by atomic mass is 10.1. The van der Waals surface area contributed by atoms with Crippen molar-refractivity contribution in [3.63, 3.8) is 0 Å². The smallest absolute Gasteiger partial charge is 0.0445 e. The second-order valence-electron chi connectivity index (χ2n) is 5.74. The average molecular weight is 228 g/mol. The first-order valence-electron chi connectivity index (χ1n) is 6.02. The van der Waals surface area contributed by atoms with Crippen LogP contribution in [0.5, 0.6) is 0 Å². The predicted molar refractivity (Wildman–Crippen MR) is 75.8 cm³/mol. The average Bonchev–Trinajstić information content (AvgIpc) is 2.25. The van der Waals surface area contributed by atoms with E-state index in [1.54, 1.807) is 0 Å². The maximum absolute atomic E-state index is 2.44. The molecule has 0 heterocycles. The van der Waals surface area contributed by atoms with Crippen molar-refractivity contribution < 1.29 is 0 Å². The van der Waals surface area contributed by atoms with Crippen LogP contribution in [0.2, 0.25) is 25.7 Å². The van der Waals surface area contributed by atoms with E-state index >= 15 is 0 Å². The summed E-state index contributed by atoms with van der Waals surface area (Å²) in [5, 5.41) is 2.72. The Labute approximate surface area is 99.3 Å². The zero-order valence-electron chi connectivity index (χ0n) is 10.5. The molecule has 0 amide bonds. The molecule has 0 saturated carbocycles. The Balaban J connectivity index is 2.20. The van der Waals surface area contributed by atoms with Crippen LogP contribution in [0.15, 0.2) is 42.5 Å². The molecule has 2 aromatic rings. The fourth-order valence-corrected chi connectivity index (χ4v) is 2.95. The minimum absolute atomic E-state index is 0.907. The van der Waals surface area contributed by atoms with Crippen molar-refractivity contribution in [1.82, 2.24) is 0 Å². The van der Waals surface area contributed by atoms with Crippen molar-refractivity contribution in [2.75, 3.05) is 0 Å². The van der Waals surface area contributed by atoms with Gasteiger partial charge in [0.25, 0.3) is 0 Å². The molecule has 0 bridgehead atoms. The summed E-state index contributed by atoms with van der Waals surface area (Å²) in [4.78, 5) is 0. The monoisotopic (exact) mass is 228 g/mol. The molecular weight excluding hydrogens is 208 g/mol. The fraction of sp³-hybridized carbons (Fsp3) is 0.333. The molecule has 84 valence electrons. The topological polar surface area (TPSA) is 0 Å². The highest BCUT2D eigenvalue weighted by atomic mass is 28.3. The number of aryl methyl sites for hydroxylation is 1. The Morgan fingerprint density at radius 1 is 0.875 bits per heavy atom. The lowest BCUT2D eigenvalue weighted by molar-refractivity contribution is 1.10. The van der Waals surface area contributed by atoms with Gasteiger partial charge >= 0.3 is 0 Å². The number of hydrogen-bond donors (Lipinski definition) is 0. The van der Waals surface area contributed by atoms with Gasteiger partial charge in [-0.25, -0.2) is 0 Å². The van der Waals surface area contributed by atoms with Crippen LogP contribution < -0.4 is 0 Å². The molecule has 0 atom stereocenters. The summed E-state index contributed by atoms with van der Waals surface area (Å²) < 4.78 is 0. The first-order chi connectivity index (χ1) is 7.54. The highest BCUT2D eigenvalue weighted by Crippen LogP contribution is 2.19. The van der Waals surface area contributed by atoms with Crippen molar-refractivity contribution >= 4 is 18.8 Å². The lowest BCUT2D eigenvalue weighted by Gasteiger charge is -2.15. The Morgan fingerprint density at radius 2 is 1.56 bits per heavy atom. The van der Waals surface area contributed by atoms with Crippen LogP contribution in [0.25, 0.3) is 10.8 Å². The summed E-state index contributed by atoms with van der Waals surface area (Å²) >= 11 is 0. The number of rotatable bonds is 3. The summed E-state index contributed by atoms with van der Waals surface area (Å²) in [6.07, 6.45) is 1.24. The van der Waals surface area contributed by atoms with Crippen LogP contribution in [0.4, 0.5) is 0 Å². The van der Waals surface area contributed by atoms with Gasteiger partial charge < -0.3 is 0 Å². The normalized spacial score (nSPS) is 11.9. The third kappa shape index (κ3) is 2.95. The Bertz CT molecular complexity index is 480. The van der Waals surface area contributed by atoms with Crippen molar-refractivity contribution in [2.24, 2.45) is 0 Å². The van der Waals surface area contributed by atoms with E-state index in [-0.39, 0.29) is 0 Å². The van der Waals surface area contributed by atoms with Crippen LogP contribution in [0.3, 0.4) is 0 Å². The Morgan fingerprint density at radius 3 is 2.25 bits per heavy atom. The van der Waals surface area contributed by atoms with Gasteiger partial charge in [0.1, 0.15) is 0 Å². The molecule has 0 saturated heterocycles.